The first-order chi connectivity index (χ1) is 31.5. The number of rotatable bonds is 16. The summed E-state index contributed by atoms with van der Waals surface area (Å²) in [6, 6.07) is -1.62. The topological polar surface area (TPSA) is 276 Å². The quantitative estimate of drug-likeness (QED) is 0.0924. The van der Waals surface area contributed by atoms with E-state index in [-0.39, 0.29) is 55.7 Å². The van der Waals surface area contributed by atoms with Crippen LogP contribution in [0.3, 0.4) is 0 Å². The van der Waals surface area contributed by atoms with E-state index in [2.05, 4.69) is 26.6 Å². The van der Waals surface area contributed by atoms with Crippen molar-refractivity contribution in [1.82, 2.24) is 36.4 Å². The van der Waals surface area contributed by atoms with Gasteiger partial charge in [-0.3, -0.25) is 38.4 Å². The number of ether oxygens (including phenoxy) is 1. The monoisotopic (exact) mass is 939 g/mol. The first-order valence-electron chi connectivity index (χ1n) is 23.9. The lowest BCUT2D eigenvalue weighted by atomic mass is 9.91. The van der Waals surface area contributed by atoms with Crippen molar-refractivity contribution in [2.24, 2.45) is 35.3 Å². The highest BCUT2D eigenvalue weighted by atomic mass is 16.5. The molecule has 1 saturated carbocycles. The van der Waals surface area contributed by atoms with Crippen LogP contribution in [0.5, 0.6) is 5.75 Å². The van der Waals surface area contributed by atoms with Crippen LogP contribution in [0.4, 0.5) is 0 Å². The van der Waals surface area contributed by atoms with E-state index >= 15 is 0 Å². The van der Waals surface area contributed by atoms with E-state index in [1.807, 2.05) is 27.7 Å². The van der Waals surface area contributed by atoms with Crippen molar-refractivity contribution in [3.05, 3.63) is 29.8 Å². The fourth-order valence-corrected chi connectivity index (χ4v) is 8.79. The molecule has 19 heteroatoms. The maximum absolute atomic E-state index is 14.9. The minimum atomic E-state index is -1.69. The molecule has 1 aromatic carbocycles. The Bertz CT molecular complexity index is 2000. The number of hydrogen-bond donors (Lipinski definition) is 7. The zero-order valence-electron chi connectivity index (χ0n) is 40.8. The zero-order chi connectivity index (χ0) is 50.1. The largest absolute Gasteiger partial charge is 0.508 e. The first-order valence-corrected chi connectivity index (χ1v) is 23.9. The summed E-state index contributed by atoms with van der Waals surface area (Å²) in [7, 11) is 1.48. The molecule has 8 N–H and O–H groups in total. The van der Waals surface area contributed by atoms with Crippen LogP contribution in [0.2, 0.25) is 0 Å². The predicted octanol–water partition coefficient (Wildman–Crippen LogP) is 1.57. The second-order valence-electron chi connectivity index (χ2n) is 19.4. The maximum Gasteiger partial charge on any atom is 0.329 e. The van der Waals surface area contributed by atoms with Crippen molar-refractivity contribution in [3.8, 4) is 5.75 Å². The van der Waals surface area contributed by atoms with Gasteiger partial charge in [0.15, 0.2) is 0 Å². The van der Waals surface area contributed by atoms with Gasteiger partial charge in [0.1, 0.15) is 48.1 Å². The number of fused-ring (bicyclic) bond motifs is 16. The third-order valence-electron chi connectivity index (χ3n) is 13.9. The van der Waals surface area contributed by atoms with Gasteiger partial charge in [-0.2, -0.15) is 0 Å². The number of benzene rings is 1. The molecule has 3 saturated heterocycles. The Morgan fingerprint density at radius 1 is 0.881 bits per heavy atom. The number of carbonyl (C=O) groups excluding carboxylic acids is 9. The van der Waals surface area contributed by atoms with Crippen LogP contribution in [0.1, 0.15) is 119 Å². The molecule has 12 atom stereocenters. The number of nitrogens with two attached hydrogens (primary N) is 1. The molecule has 1 spiro atoms. The molecular weight excluding hydrogens is 865 g/mol. The molecule has 19 nitrogen and oxygen atoms in total. The third kappa shape index (κ3) is 13.5. The normalized spacial score (nSPS) is 28.2. The SMILES string of the molecule is CCC(C)C(=O)N[C@@H](CCC(N)=O)C(=O)N[C@@H]1C(=O)N[C@@H](CC(C)C)C(=O)NC23CCN(C(=O)C2C3)[C@@H](C(C)CC)C(=O)N(C)[C@@H](Cc2ccc(O)cc2)C(=O)N[C@@H](C(C)CC)C(=O)O[C@@H]1C. The third-order valence-corrected chi connectivity index (χ3v) is 13.9. The Morgan fingerprint density at radius 3 is 2.10 bits per heavy atom. The Morgan fingerprint density at radius 2 is 1.52 bits per heavy atom. The van der Waals surface area contributed by atoms with Crippen molar-refractivity contribution < 1.29 is 53.0 Å². The molecule has 1 aromatic rings. The fraction of sp³-hybridized carbons (Fsp3) is 0.688. The van der Waals surface area contributed by atoms with Crippen LogP contribution >= 0.6 is 0 Å². The molecular formula is C48H74N8O11. The van der Waals surface area contributed by atoms with Crippen LogP contribution in [0, 0.1) is 29.6 Å². The molecule has 67 heavy (non-hydrogen) atoms. The second-order valence-corrected chi connectivity index (χ2v) is 19.4. The van der Waals surface area contributed by atoms with E-state index in [9.17, 15) is 48.3 Å². The van der Waals surface area contributed by atoms with Gasteiger partial charge in [0.05, 0.1) is 11.5 Å². The maximum atomic E-state index is 14.9. The molecule has 3 aliphatic heterocycles. The minimum absolute atomic E-state index is 0.00836. The molecule has 0 aromatic heterocycles. The van der Waals surface area contributed by atoms with Gasteiger partial charge in [-0.1, -0.05) is 80.4 Å². The smallest absolute Gasteiger partial charge is 0.329 e. The number of phenolic OH excluding ortho intramolecular Hbond substituents is 1. The van der Waals surface area contributed by atoms with Gasteiger partial charge in [0.2, 0.25) is 47.3 Å². The average molecular weight is 939 g/mol. The number of nitrogens with zero attached hydrogens (tertiary/aromatic N) is 2. The van der Waals surface area contributed by atoms with E-state index < -0.39 is 113 Å². The standard InChI is InChI=1S/C48H74N8O11/c1-11-26(6)37-47(66)67-29(9)38(53-41(60)33(18-19-36(49)58)50-40(59)28(8)13-3)44(63)51-34(22-25(4)5)42(61)54-48-20-21-56(45(64)32(48)24-48)39(27(7)12-2)46(65)55(10)35(43(62)52-37)23-30-14-16-31(57)17-15-30/h14-17,25-29,32-35,37-39,57H,11-13,18-24H2,1-10H3,(H2,49,58)(H,50,59)(H,51,63)(H,52,62)(H,53,60)(H,54,61)/t26?,27?,28?,29-,32?,33+,34+,35+,37+,38+,39+,48?/m1/s1. The zero-order valence-corrected chi connectivity index (χ0v) is 40.8. The van der Waals surface area contributed by atoms with E-state index in [1.54, 1.807) is 44.7 Å². The van der Waals surface area contributed by atoms with Gasteiger partial charge in [0, 0.05) is 32.4 Å². The molecule has 1 aliphatic carbocycles. The van der Waals surface area contributed by atoms with Gasteiger partial charge in [-0.15, -0.1) is 0 Å². The predicted molar refractivity (Wildman–Crippen MR) is 247 cm³/mol. The number of carbonyl (C=O) groups is 9. The summed E-state index contributed by atoms with van der Waals surface area (Å²) in [5.41, 5.74) is 5.06. The molecule has 5 unspecified atom stereocenters. The van der Waals surface area contributed by atoms with E-state index in [0.717, 1.165) is 0 Å². The van der Waals surface area contributed by atoms with Crippen molar-refractivity contribution in [2.75, 3.05) is 13.6 Å². The minimum Gasteiger partial charge on any atom is -0.508 e. The molecule has 4 fully saturated rings. The lowest BCUT2D eigenvalue weighted by Gasteiger charge is -2.42. The van der Waals surface area contributed by atoms with Crippen molar-refractivity contribution in [3.63, 3.8) is 0 Å². The molecule has 0 radical (unpaired) electrons. The lowest BCUT2D eigenvalue weighted by Crippen LogP contribution is -2.63. The van der Waals surface area contributed by atoms with Crippen molar-refractivity contribution in [2.45, 2.75) is 168 Å². The number of primary amides is 1. The van der Waals surface area contributed by atoms with Gasteiger partial charge in [0.25, 0.3) is 0 Å². The number of nitrogens with one attached hydrogen (secondary N) is 5. The summed E-state index contributed by atoms with van der Waals surface area (Å²) in [4.78, 5) is 129. The first kappa shape index (κ1) is 53.9. The number of phenols is 1. The molecule has 2 bridgehead atoms. The summed E-state index contributed by atoms with van der Waals surface area (Å²) in [5.74, 6) is -8.28. The Hall–Kier alpha value is -5.75. The van der Waals surface area contributed by atoms with Crippen LogP contribution in [0.25, 0.3) is 0 Å². The highest BCUT2D eigenvalue weighted by molar-refractivity contribution is 5.98. The molecule has 4 aliphatic rings. The average Bonchev–Trinajstić information content (AvgIpc) is 4.01. The van der Waals surface area contributed by atoms with Gasteiger partial charge in [-0.25, -0.2) is 4.79 Å². The molecule has 372 valence electrons. The highest BCUT2D eigenvalue weighted by Gasteiger charge is 2.64. The lowest BCUT2D eigenvalue weighted by molar-refractivity contribution is -0.158. The summed E-state index contributed by atoms with van der Waals surface area (Å²) in [6.07, 6.45) is 0.0875. The number of piperidine rings is 1. The fourth-order valence-electron chi connectivity index (χ4n) is 8.79. The molecule has 5 rings (SSSR count). The number of likely N-dealkylation sites (N-methyl/N-ethyl adjacent to an activating group) is 1. The van der Waals surface area contributed by atoms with Crippen molar-refractivity contribution >= 4 is 53.2 Å². The van der Waals surface area contributed by atoms with Gasteiger partial charge < -0.3 is 52.0 Å². The number of hydrogen-bond acceptors (Lipinski definition) is 11. The number of aromatic hydroxyl groups is 1. The second kappa shape index (κ2) is 23.3. The number of esters is 1. The highest BCUT2D eigenvalue weighted by Crippen LogP contribution is 2.51. The molecule has 3 heterocycles. The van der Waals surface area contributed by atoms with E-state index in [1.165, 1.54) is 31.0 Å². The molecule has 8 amide bonds. The van der Waals surface area contributed by atoms with Crippen LogP contribution in [-0.4, -0.2) is 130 Å². The van der Waals surface area contributed by atoms with Crippen LogP contribution in [-0.2, 0) is 54.3 Å². The number of amides is 8. The Balaban J connectivity index is 1.84. The van der Waals surface area contributed by atoms with Gasteiger partial charge >= 0.3 is 5.97 Å². The summed E-state index contributed by atoms with van der Waals surface area (Å²) >= 11 is 0. The summed E-state index contributed by atoms with van der Waals surface area (Å²) in [5, 5.41) is 23.9. The van der Waals surface area contributed by atoms with E-state index in [4.69, 9.17) is 10.5 Å². The van der Waals surface area contributed by atoms with Crippen molar-refractivity contribution in [1.29, 1.82) is 0 Å². The van der Waals surface area contributed by atoms with Gasteiger partial charge in [-0.05, 0) is 74.5 Å². The van der Waals surface area contributed by atoms with Crippen LogP contribution < -0.4 is 32.3 Å². The summed E-state index contributed by atoms with van der Waals surface area (Å²) < 4.78 is 5.97. The Labute approximate surface area is 394 Å². The summed E-state index contributed by atoms with van der Waals surface area (Å²) in [6.45, 7) is 15.9. The Kier molecular flexibility index (Phi) is 18.7. The van der Waals surface area contributed by atoms with E-state index in [0.29, 0.717) is 37.7 Å². The van der Waals surface area contributed by atoms with Crippen LogP contribution in [0.15, 0.2) is 24.3 Å².